The summed E-state index contributed by atoms with van der Waals surface area (Å²) in [6, 6.07) is 11.1. The maximum absolute atomic E-state index is 13.4. The molecule has 0 bridgehead atoms. The van der Waals surface area contributed by atoms with E-state index in [2.05, 4.69) is 0 Å². The second-order valence-corrected chi connectivity index (χ2v) is 8.61. The van der Waals surface area contributed by atoms with Crippen LogP contribution >= 0.6 is 0 Å². The van der Waals surface area contributed by atoms with Crippen LogP contribution in [0, 0.1) is 0 Å². The average Bonchev–Trinajstić information content (AvgIpc) is 2.97. The number of methoxy groups -OCH3 is 1. The van der Waals surface area contributed by atoms with E-state index in [0.717, 1.165) is 17.5 Å². The number of carbonyl (C=O) groups excluding carboxylic acids is 1. The summed E-state index contributed by atoms with van der Waals surface area (Å²) in [6.07, 6.45) is 0.997. The van der Waals surface area contributed by atoms with Gasteiger partial charge in [0.2, 0.25) is 10.0 Å². The predicted octanol–water partition coefficient (Wildman–Crippen LogP) is 2.14. The molecule has 2 aromatic carbocycles. The summed E-state index contributed by atoms with van der Waals surface area (Å²) in [7, 11) is -2.69. The first-order valence-corrected chi connectivity index (χ1v) is 10.5. The van der Waals surface area contributed by atoms with Gasteiger partial charge in [-0.2, -0.15) is 4.31 Å². The number of benzene rings is 2. The second-order valence-electron chi connectivity index (χ2n) is 6.72. The van der Waals surface area contributed by atoms with Gasteiger partial charge in [0.25, 0.3) is 0 Å². The van der Waals surface area contributed by atoms with Gasteiger partial charge < -0.3 is 14.2 Å². The lowest BCUT2D eigenvalue weighted by atomic mass is 9.96. The van der Waals surface area contributed by atoms with Gasteiger partial charge >= 0.3 is 5.97 Å². The van der Waals surface area contributed by atoms with Crippen molar-refractivity contribution in [3.63, 3.8) is 0 Å². The molecule has 0 amide bonds. The summed E-state index contributed by atoms with van der Waals surface area (Å²) >= 11 is 0. The minimum atomic E-state index is -3.96. The summed E-state index contributed by atoms with van der Waals surface area (Å²) in [5, 5.41) is 0. The Labute approximate surface area is 163 Å². The van der Waals surface area contributed by atoms with Crippen LogP contribution in [0.4, 0.5) is 0 Å². The Hall–Kier alpha value is -2.58. The van der Waals surface area contributed by atoms with Crippen LogP contribution < -0.4 is 9.47 Å². The lowest BCUT2D eigenvalue weighted by molar-refractivity contribution is -0.145. The molecule has 0 saturated carbocycles. The maximum atomic E-state index is 13.4. The molecule has 0 spiro atoms. The first-order valence-electron chi connectivity index (χ1n) is 9.07. The fourth-order valence-electron chi connectivity index (χ4n) is 3.53. The number of hydrogen-bond donors (Lipinski definition) is 0. The van der Waals surface area contributed by atoms with Crippen LogP contribution in [-0.2, 0) is 32.5 Å². The molecule has 0 aromatic heterocycles. The molecule has 0 aliphatic carbocycles. The van der Waals surface area contributed by atoms with Gasteiger partial charge in [-0.1, -0.05) is 24.3 Å². The quantitative estimate of drug-likeness (QED) is 0.731. The number of carbonyl (C=O) groups is 1. The first-order chi connectivity index (χ1) is 13.5. The SMILES string of the molecule is COC(=O)[C@H]1Cc2ccccc2CN1S(=O)(=O)c1ccc2c(c1)OCCCO2. The Morgan fingerprint density at radius 1 is 1.07 bits per heavy atom. The zero-order chi connectivity index (χ0) is 19.7. The van der Waals surface area contributed by atoms with Crippen LogP contribution in [0.5, 0.6) is 11.5 Å². The van der Waals surface area contributed by atoms with Crippen LogP contribution in [0.3, 0.4) is 0 Å². The number of nitrogens with zero attached hydrogens (tertiary/aromatic N) is 1. The highest BCUT2D eigenvalue weighted by Crippen LogP contribution is 2.35. The third kappa shape index (κ3) is 3.33. The fourth-order valence-corrected chi connectivity index (χ4v) is 5.10. The normalized spacial score (nSPS) is 19.4. The molecule has 1 atom stereocenters. The predicted molar refractivity (Wildman–Crippen MR) is 101 cm³/mol. The van der Waals surface area contributed by atoms with Crippen molar-refractivity contribution < 1.29 is 27.4 Å². The van der Waals surface area contributed by atoms with E-state index in [1.54, 1.807) is 6.07 Å². The fraction of sp³-hybridized carbons (Fsp3) is 0.350. The molecule has 2 aliphatic rings. The molecule has 0 N–H and O–H groups in total. The van der Waals surface area contributed by atoms with E-state index in [4.69, 9.17) is 14.2 Å². The van der Waals surface area contributed by atoms with E-state index in [-0.39, 0.29) is 17.9 Å². The van der Waals surface area contributed by atoms with Gasteiger partial charge in [-0.15, -0.1) is 0 Å². The van der Waals surface area contributed by atoms with Crippen LogP contribution in [0.15, 0.2) is 47.4 Å². The highest BCUT2D eigenvalue weighted by Gasteiger charge is 2.40. The van der Waals surface area contributed by atoms with Crippen molar-refractivity contribution in [1.29, 1.82) is 0 Å². The van der Waals surface area contributed by atoms with E-state index >= 15 is 0 Å². The molecule has 0 radical (unpaired) electrons. The van der Waals surface area contributed by atoms with Gasteiger partial charge in [0.05, 0.1) is 25.2 Å². The molecular formula is C20H21NO6S. The van der Waals surface area contributed by atoms with Crippen molar-refractivity contribution in [1.82, 2.24) is 4.31 Å². The molecule has 0 fully saturated rings. The number of hydrogen-bond acceptors (Lipinski definition) is 6. The zero-order valence-corrected chi connectivity index (χ0v) is 16.3. The lowest BCUT2D eigenvalue weighted by Gasteiger charge is -2.34. The van der Waals surface area contributed by atoms with E-state index in [9.17, 15) is 13.2 Å². The summed E-state index contributed by atoms with van der Waals surface area (Å²) in [6.45, 7) is 1.08. The highest BCUT2D eigenvalue weighted by atomic mass is 32.2. The minimum Gasteiger partial charge on any atom is -0.490 e. The van der Waals surface area contributed by atoms with Crippen molar-refractivity contribution in [2.75, 3.05) is 20.3 Å². The number of ether oxygens (including phenoxy) is 3. The highest BCUT2D eigenvalue weighted by molar-refractivity contribution is 7.89. The Balaban J connectivity index is 1.74. The third-order valence-corrected chi connectivity index (χ3v) is 6.85. The monoisotopic (exact) mass is 403 g/mol. The number of sulfonamides is 1. The molecule has 7 nitrogen and oxygen atoms in total. The van der Waals surface area contributed by atoms with Gasteiger partial charge in [-0.05, 0) is 23.3 Å². The Morgan fingerprint density at radius 3 is 2.54 bits per heavy atom. The molecule has 2 aliphatic heterocycles. The summed E-state index contributed by atoms with van der Waals surface area (Å²) in [5.74, 6) is 0.336. The Kier molecular flexibility index (Phi) is 4.99. The van der Waals surface area contributed by atoms with Gasteiger partial charge in [-0.25, -0.2) is 8.42 Å². The van der Waals surface area contributed by atoms with E-state index in [1.807, 2.05) is 24.3 Å². The van der Waals surface area contributed by atoms with Crippen LogP contribution in [0.2, 0.25) is 0 Å². The van der Waals surface area contributed by atoms with Crippen molar-refractivity contribution in [2.24, 2.45) is 0 Å². The second kappa shape index (κ2) is 7.44. The maximum Gasteiger partial charge on any atom is 0.324 e. The minimum absolute atomic E-state index is 0.0602. The van der Waals surface area contributed by atoms with E-state index in [1.165, 1.54) is 23.5 Å². The van der Waals surface area contributed by atoms with Crippen molar-refractivity contribution in [3.8, 4) is 11.5 Å². The van der Waals surface area contributed by atoms with Crippen LogP contribution in [0.1, 0.15) is 17.5 Å². The third-order valence-electron chi connectivity index (χ3n) is 5.00. The smallest absolute Gasteiger partial charge is 0.324 e. The van der Waals surface area contributed by atoms with Crippen LogP contribution in [-0.4, -0.2) is 45.1 Å². The van der Waals surface area contributed by atoms with Crippen molar-refractivity contribution in [2.45, 2.75) is 30.3 Å². The van der Waals surface area contributed by atoms with Gasteiger partial charge in [0.15, 0.2) is 11.5 Å². The Morgan fingerprint density at radius 2 is 1.79 bits per heavy atom. The number of rotatable bonds is 3. The molecule has 2 heterocycles. The first kappa shape index (κ1) is 18.8. The standard InChI is InChI=1S/C20H21NO6S/c1-25-20(22)17-11-14-5-2-3-6-15(14)13-21(17)28(23,24)16-7-8-18-19(12-16)27-10-4-9-26-18/h2-3,5-8,12,17H,4,9-11,13H2,1H3/t17-/m1/s1. The van der Waals surface area contributed by atoms with Gasteiger partial charge in [0.1, 0.15) is 6.04 Å². The molecule has 0 unspecified atom stereocenters. The molecule has 0 saturated heterocycles. The van der Waals surface area contributed by atoms with Crippen LogP contribution in [0.25, 0.3) is 0 Å². The molecule has 8 heteroatoms. The zero-order valence-electron chi connectivity index (χ0n) is 15.5. The topological polar surface area (TPSA) is 82.1 Å². The lowest BCUT2D eigenvalue weighted by Crippen LogP contribution is -2.49. The van der Waals surface area contributed by atoms with Gasteiger partial charge in [-0.3, -0.25) is 4.79 Å². The molecule has 148 valence electrons. The van der Waals surface area contributed by atoms with Crippen molar-refractivity contribution >= 4 is 16.0 Å². The summed E-state index contributed by atoms with van der Waals surface area (Å²) < 4.78 is 44.1. The molecular weight excluding hydrogens is 382 g/mol. The number of esters is 1. The summed E-state index contributed by atoms with van der Waals surface area (Å²) in [4.78, 5) is 12.4. The summed E-state index contributed by atoms with van der Waals surface area (Å²) in [5.41, 5.74) is 1.82. The Bertz CT molecular complexity index is 1000. The average molecular weight is 403 g/mol. The van der Waals surface area contributed by atoms with Gasteiger partial charge in [0, 0.05) is 25.5 Å². The largest absolute Gasteiger partial charge is 0.490 e. The molecule has 4 rings (SSSR count). The number of fused-ring (bicyclic) bond motifs is 2. The van der Waals surface area contributed by atoms with E-state index < -0.39 is 22.0 Å². The molecule has 2 aromatic rings. The molecule has 28 heavy (non-hydrogen) atoms. The van der Waals surface area contributed by atoms with Crippen molar-refractivity contribution in [3.05, 3.63) is 53.6 Å². The van der Waals surface area contributed by atoms with E-state index in [0.29, 0.717) is 24.7 Å².